The second-order valence-electron chi connectivity index (χ2n) is 6.90. The average molecular weight is 336 g/mol. The summed E-state index contributed by atoms with van der Waals surface area (Å²) in [5.74, 6) is 0.380. The zero-order valence-electron chi connectivity index (χ0n) is 13.5. The van der Waals surface area contributed by atoms with E-state index < -0.39 is 9.84 Å². The van der Waals surface area contributed by atoms with Crippen LogP contribution in [0.1, 0.15) is 24.8 Å². The Kier molecular flexibility index (Phi) is 4.47. The molecule has 126 valence electrons. The number of hydrogen-bond donors (Lipinski definition) is 1. The quantitative estimate of drug-likeness (QED) is 0.840. The van der Waals surface area contributed by atoms with Crippen LogP contribution in [0.25, 0.3) is 0 Å². The van der Waals surface area contributed by atoms with Crippen LogP contribution in [-0.4, -0.2) is 56.9 Å². The summed E-state index contributed by atoms with van der Waals surface area (Å²) in [6, 6.07) is 10.3. The zero-order chi connectivity index (χ0) is 16.5. The summed E-state index contributed by atoms with van der Waals surface area (Å²) in [4.78, 5) is 14.0. The number of nitrogens with one attached hydrogen (secondary N) is 1. The first-order valence-electron chi connectivity index (χ1n) is 8.13. The van der Waals surface area contributed by atoms with Crippen LogP contribution in [0.15, 0.2) is 30.3 Å². The van der Waals surface area contributed by atoms with Gasteiger partial charge in [0.25, 0.3) is 0 Å². The van der Waals surface area contributed by atoms with Gasteiger partial charge in [0.05, 0.1) is 18.1 Å². The van der Waals surface area contributed by atoms with Crippen molar-refractivity contribution in [1.82, 2.24) is 10.2 Å². The van der Waals surface area contributed by atoms with Crippen molar-refractivity contribution in [3.05, 3.63) is 35.9 Å². The first-order chi connectivity index (χ1) is 10.9. The van der Waals surface area contributed by atoms with Crippen LogP contribution in [0.3, 0.4) is 0 Å². The Balaban J connectivity index is 1.49. The Morgan fingerprint density at radius 2 is 2.00 bits per heavy atom. The molecular formula is C17H24N2O3S. The molecule has 1 heterocycles. The van der Waals surface area contributed by atoms with E-state index in [-0.39, 0.29) is 35.4 Å². The normalized spacial score (nSPS) is 24.5. The predicted octanol–water partition coefficient (Wildman–Crippen LogP) is 0.953. The summed E-state index contributed by atoms with van der Waals surface area (Å²) in [6.07, 6.45) is 2.84. The minimum absolute atomic E-state index is 0.0287. The molecule has 1 unspecified atom stereocenters. The van der Waals surface area contributed by atoms with Crippen LogP contribution < -0.4 is 5.32 Å². The first-order valence-corrected chi connectivity index (χ1v) is 9.95. The fourth-order valence-electron chi connectivity index (χ4n) is 3.31. The molecule has 3 rings (SSSR count). The van der Waals surface area contributed by atoms with E-state index in [0.29, 0.717) is 13.0 Å². The molecule has 2 aliphatic rings. The molecule has 1 amide bonds. The van der Waals surface area contributed by atoms with Gasteiger partial charge < -0.3 is 5.32 Å². The lowest BCUT2D eigenvalue weighted by atomic mass is 9.96. The maximum Gasteiger partial charge on any atom is 0.234 e. The number of hydrogen-bond acceptors (Lipinski definition) is 4. The molecule has 0 bridgehead atoms. The Bertz CT molecular complexity index is 668. The third-order valence-corrected chi connectivity index (χ3v) is 6.84. The molecule has 1 aliphatic heterocycles. The van der Waals surface area contributed by atoms with Crippen LogP contribution in [0, 0.1) is 0 Å². The number of nitrogens with zero attached hydrogens (tertiary/aromatic N) is 1. The monoisotopic (exact) mass is 336 g/mol. The third kappa shape index (κ3) is 3.93. The van der Waals surface area contributed by atoms with Gasteiger partial charge in [0, 0.05) is 18.0 Å². The van der Waals surface area contributed by atoms with Crippen LogP contribution in [0.4, 0.5) is 0 Å². The molecule has 0 radical (unpaired) electrons. The molecule has 0 aromatic heterocycles. The predicted molar refractivity (Wildman–Crippen MR) is 90.1 cm³/mol. The van der Waals surface area contributed by atoms with E-state index in [2.05, 4.69) is 17.4 Å². The molecule has 5 nitrogen and oxygen atoms in total. The summed E-state index contributed by atoms with van der Waals surface area (Å²) >= 11 is 0. The highest BCUT2D eigenvalue weighted by Crippen LogP contribution is 2.47. The van der Waals surface area contributed by atoms with Gasteiger partial charge in [-0.2, -0.15) is 0 Å². The Morgan fingerprint density at radius 1 is 1.30 bits per heavy atom. The van der Waals surface area contributed by atoms with Crippen LogP contribution >= 0.6 is 0 Å². The topological polar surface area (TPSA) is 66.5 Å². The summed E-state index contributed by atoms with van der Waals surface area (Å²) in [5.41, 5.74) is 1.39. The van der Waals surface area contributed by atoms with Gasteiger partial charge in [0.2, 0.25) is 5.91 Å². The molecule has 1 saturated carbocycles. The highest BCUT2D eigenvalue weighted by molar-refractivity contribution is 7.91. The van der Waals surface area contributed by atoms with Crippen molar-refractivity contribution in [2.45, 2.75) is 30.7 Å². The molecule has 1 aliphatic carbocycles. The van der Waals surface area contributed by atoms with Gasteiger partial charge in [0.1, 0.15) is 0 Å². The van der Waals surface area contributed by atoms with Gasteiger partial charge in [0.15, 0.2) is 9.84 Å². The summed E-state index contributed by atoms with van der Waals surface area (Å²) < 4.78 is 23.1. The minimum Gasteiger partial charge on any atom is -0.354 e. The van der Waals surface area contributed by atoms with Gasteiger partial charge in [-0.25, -0.2) is 8.42 Å². The molecule has 6 heteroatoms. The van der Waals surface area contributed by atoms with Crippen molar-refractivity contribution in [3.63, 3.8) is 0 Å². The Morgan fingerprint density at radius 3 is 2.57 bits per heavy atom. The van der Waals surface area contributed by atoms with Gasteiger partial charge in [-0.3, -0.25) is 9.69 Å². The SMILES string of the molecule is CN(CC(=O)NCC1(c2ccccc2)CC1)C1CCS(=O)(=O)C1. The van der Waals surface area contributed by atoms with E-state index in [1.54, 1.807) is 0 Å². The number of benzene rings is 1. The van der Waals surface area contributed by atoms with Gasteiger partial charge >= 0.3 is 0 Å². The highest BCUT2D eigenvalue weighted by atomic mass is 32.2. The van der Waals surface area contributed by atoms with Crippen molar-refractivity contribution >= 4 is 15.7 Å². The summed E-state index contributed by atoms with van der Waals surface area (Å²) in [6.45, 7) is 0.914. The lowest BCUT2D eigenvalue weighted by molar-refractivity contribution is -0.122. The van der Waals surface area contributed by atoms with Crippen LogP contribution in [0.5, 0.6) is 0 Å². The minimum atomic E-state index is -2.91. The number of likely N-dealkylation sites (N-methyl/N-ethyl adjacent to an activating group) is 1. The number of sulfone groups is 1. The van der Waals surface area contributed by atoms with Crippen molar-refractivity contribution in [2.24, 2.45) is 0 Å². The van der Waals surface area contributed by atoms with E-state index in [1.165, 1.54) is 5.56 Å². The van der Waals surface area contributed by atoms with Crippen molar-refractivity contribution in [2.75, 3.05) is 31.6 Å². The molecule has 1 atom stereocenters. The van der Waals surface area contributed by atoms with Crippen molar-refractivity contribution < 1.29 is 13.2 Å². The van der Waals surface area contributed by atoms with Crippen LogP contribution in [-0.2, 0) is 20.0 Å². The highest BCUT2D eigenvalue weighted by Gasteiger charge is 2.44. The number of carbonyl (C=O) groups is 1. The van der Waals surface area contributed by atoms with E-state index in [0.717, 1.165) is 12.8 Å². The van der Waals surface area contributed by atoms with E-state index in [4.69, 9.17) is 0 Å². The summed E-state index contributed by atoms with van der Waals surface area (Å²) in [7, 11) is -1.08. The Labute approximate surface area is 138 Å². The average Bonchev–Trinajstić information content (AvgIpc) is 3.23. The fourth-order valence-corrected chi connectivity index (χ4v) is 5.12. The molecular weight excluding hydrogens is 312 g/mol. The maximum atomic E-state index is 12.2. The second-order valence-corrected chi connectivity index (χ2v) is 9.12. The van der Waals surface area contributed by atoms with Gasteiger partial charge in [-0.1, -0.05) is 30.3 Å². The standard InChI is InChI=1S/C17H24N2O3S/c1-19(15-7-10-23(21,22)12-15)11-16(20)18-13-17(8-9-17)14-5-3-2-4-6-14/h2-6,15H,7-13H2,1H3,(H,18,20). The van der Waals surface area contributed by atoms with Gasteiger partial charge in [-0.15, -0.1) is 0 Å². The first kappa shape index (κ1) is 16.5. The molecule has 0 spiro atoms. The zero-order valence-corrected chi connectivity index (χ0v) is 14.3. The smallest absolute Gasteiger partial charge is 0.234 e. The molecule has 1 N–H and O–H groups in total. The van der Waals surface area contributed by atoms with E-state index >= 15 is 0 Å². The number of rotatable bonds is 6. The van der Waals surface area contributed by atoms with Crippen molar-refractivity contribution in [3.8, 4) is 0 Å². The molecule has 1 aromatic rings. The largest absolute Gasteiger partial charge is 0.354 e. The van der Waals surface area contributed by atoms with Crippen LogP contribution in [0.2, 0.25) is 0 Å². The number of amides is 1. The second kappa shape index (κ2) is 6.24. The van der Waals surface area contributed by atoms with E-state index in [9.17, 15) is 13.2 Å². The number of carbonyl (C=O) groups excluding carboxylic acids is 1. The van der Waals surface area contributed by atoms with Crippen molar-refractivity contribution in [1.29, 1.82) is 0 Å². The lowest BCUT2D eigenvalue weighted by Crippen LogP contribution is -2.43. The molecule has 1 aromatic carbocycles. The molecule has 23 heavy (non-hydrogen) atoms. The lowest BCUT2D eigenvalue weighted by Gasteiger charge is -2.23. The molecule has 2 fully saturated rings. The molecule has 1 saturated heterocycles. The third-order valence-electron chi connectivity index (χ3n) is 5.09. The maximum absolute atomic E-state index is 12.2. The van der Waals surface area contributed by atoms with E-state index in [1.807, 2.05) is 30.1 Å². The van der Waals surface area contributed by atoms with Gasteiger partial charge in [-0.05, 0) is 31.9 Å². The fraction of sp³-hybridized carbons (Fsp3) is 0.588. The Hall–Kier alpha value is -1.40. The summed E-state index contributed by atoms with van der Waals surface area (Å²) in [5, 5.41) is 3.03.